The fourth-order valence-corrected chi connectivity index (χ4v) is 2.39. The summed E-state index contributed by atoms with van der Waals surface area (Å²) < 4.78 is 5.09. The first-order valence-corrected chi connectivity index (χ1v) is 6.03. The Bertz CT molecular complexity index is 340. The van der Waals surface area contributed by atoms with E-state index in [9.17, 15) is 0 Å². The van der Waals surface area contributed by atoms with E-state index in [1.807, 2.05) is 18.2 Å². The van der Waals surface area contributed by atoms with E-state index >= 15 is 0 Å². The van der Waals surface area contributed by atoms with E-state index in [0.717, 1.165) is 24.2 Å². The van der Waals surface area contributed by atoms with Crippen LogP contribution in [0.4, 0.5) is 5.82 Å². The van der Waals surface area contributed by atoms with Crippen molar-refractivity contribution in [2.24, 2.45) is 11.8 Å². The van der Waals surface area contributed by atoms with Crippen LogP contribution in [0.2, 0.25) is 0 Å². The van der Waals surface area contributed by atoms with Gasteiger partial charge in [0.25, 0.3) is 0 Å². The summed E-state index contributed by atoms with van der Waals surface area (Å²) in [7, 11) is 1.64. The third-order valence-corrected chi connectivity index (χ3v) is 3.31. The second kappa shape index (κ2) is 5.19. The topological polar surface area (TPSA) is 34.1 Å². The summed E-state index contributed by atoms with van der Waals surface area (Å²) in [5.41, 5.74) is 0. The molecule has 88 valence electrons. The van der Waals surface area contributed by atoms with E-state index in [2.05, 4.69) is 17.2 Å². The summed E-state index contributed by atoms with van der Waals surface area (Å²) >= 11 is 0. The molecule has 2 rings (SSSR count). The molecular weight excluding hydrogens is 200 g/mol. The lowest BCUT2D eigenvalue weighted by molar-refractivity contribution is 0.398. The molecule has 3 heteroatoms. The third kappa shape index (κ3) is 2.87. The first-order chi connectivity index (χ1) is 7.78. The smallest absolute Gasteiger partial charge is 0.214 e. The lowest BCUT2D eigenvalue weighted by Gasteiger charge is -2.12. The van der Waals surface area contributed by atoms with E-state index < -0.39 is 0 Å². The first kappa shape index (κ1) is 11.2. The molecule has 1 aliphatic rings. The number of rotatable bonds is 4. The van der Waals surface area contributed by atoms with Crippen LogP contribution in [-0.2, 0) is 0 Å². The predicted molar refractivity (Wildman–Crippen MR) is 65.8 cm³/mol. The number of aromatic nitrogens is 1. The monoisotopic (exact) mass is 220 g/mol. The molecule has 0 saturated heterocycles. The summed E-state index contributed by atoms with van der Waals surface area (Å²) in [6, 6.07) is 5.81. The molecule has 0 spiro atoms. The van der Waals surface area contributed by atoms with Crippen LogP contribution in [-0.4, -0.2) is 18.6 Å². The maximum atomic E-state index is 5.09. The minimum absolute atomic E-state index is 0.671. The zero-order valence-electron chi connectivity index (χ0n) is 10.1. The molecule has 1 saturated carbocycles. The van der Waals surface area contributed by atoms with Crippen LogP contribution in [0.15, 0.2) is 18.2 Å². The van der Waals surface area contributed by atoms with Crippen molar-refractivity contribution in [2.75, 3.05) is 19.0 Å². The highest BCUT2D eigenvalue weighted by atomic mass is 16.5. The van der Waals surface area contributed by atoms with E-state index in [1.54, 1.807) is 7.11 Å². The molecule has 16 heavy (non-hydrogen) atoms. The summed E-state index contributed by atoms with van der Waals surface area (Å²) in [4.78, 5) is 4.34. The standard InChI is InChI=1S/C13H20N2O/c1-10-6-7-11(8-10)9-14-12-4-3-5-13(15-12)16-2/h3-5,10-11H,6-9H2,1-2H3,(H,14,15). The lowest BCUT2D eigenvalue weighted by Crippen LogP contribution is -2.12. The molecule has 2 atom stereocenters. The number of hydrogen-bond acceptors (Lipinski definition) is 3. The molecule has 1 aromatic rings. The quantitative estimate of drug-likeness (QED) is 0.847. The Labute approximate surface area is 97.2 Å². The van der Waals surface area contributed by atoms with Gasteiger partial charge in [-0.25, -0.2) is 0 Å². The van der Waals surface area contributed by atoms with Gasteiger partial charge < -0.3 is 10.1 Å². The fraction of sp³-hybridized carbons (Fsp3) is 0.615. The first-order valence-electron chi connectivity index (χ1n) is 6.03. The highest BCUT2D eigenvalue weighted by Crippen LogP contribution is 2.30. The number of anilines is 1. The van der Waals surface area contributed by atoms with Gasteiger partial charge in [-0.15, -0.1) is 0 Å². The van der Waals surface area contributed by atoms with Crippen molar-refractivity contribution in [1.29, 1.82) is 0 Å². The molecule has 1 heterocycles. The van der Waals surface area contributed by atoms with Gasteiger partial charge in [-0.05, 0) is 30.7 Å². The lowest BCUT2D eigenvalue weighted by atomic mass is 10.1. The second-order valence-electron chi connectivity index (χ2n) is 4.73. The maximum absolute atomic E-state index is 5.09. The minimum Gasteiger partial charge on any atom is -0.481 e. The van der Waals surface area contributed by atoms with E-state index in [-0.39, 0.29) is 0 Å². The summed E-state index contributed by atoms with van der Waals surface area (Å²) in [5, 5.41) is 3.39. The number of nitrogens with zero attached hydrogens (tertiary/aromatic N) is 1. The molecule has 1 aromatic heterocycles. The summed E-state index contributed by atoms with van der Waals surface area (Å²) in [6.07, 6.45) is 4.06. The Kier molecular flexibility index (Phi) is 3.65. The van der Waals surface area contributed by atoms with Crippen molar-refractivity contribution in [1.82, 2.24) is 4.98 Å². The van der Waals surface area contributed by atoms with Gasteiger partial charge in [-0.1, -0.05) is 19.4 Å². The van der Waals surface area contributed by atoms with Crippen LogP contribution in [0, 0.1) is 11.8 Å². The predicted octanol–water partition coefficient (Wildman–Crippen LogP) is 2.94. The van der Waals surface area contributed by atoms with Crippen molar-refractivity contribution in [3.05, 3.63) is 18.2 Å². The molecule has 0 aliphatic heterocycles. The average molecular weight is 220 g/mol. The van der Waals surface area contributed by atoms with Gasteiger partial charge in [-0.3, -0.25) is 0 Å². The van der Waals surface area contributed by atoms with Crippen molar-refractivity contribution >= 4 is 5.82 Å². The molecule has 0 amide bonds. The second-order valence-corrected chi connectivity index (χ2v) is 4.73. The normalized spacial score (nSPS) is 24.4. The summed E-state index contributed by atoms with van der Waals surface area (Å²) in [5.74, 6) is 3.29. The largest absolute Gasteiger partial charge is 0.481 e. The minimum atomic E-state index is 0.671. The van der Waals surface area contributed by atoms with E-state index in [0.29, 0.717) is 5.88 Å². The van der Waals surface area contributed by atoms with Crippen molar-refractivity contribution in [3.8, 4) is 5.88 Å². The van der Waals surface area contributed by atoms with Crippen LogP contribution in [0.25, 0.3) is 0 Å². The Hall–Kier alpha value is -1.25. The molecule has 1 fully saturated rings. The molecule has 0 aromatic carbocycles. The van der Waals surface area contributed by atoms with E-state index in [4.69, 9.17) is 4.74 Å². The van der Waals surface area contributed by atoms with Gasteiger partial charge in [-0.2, -0.15) is 4.98 Å². The molecular formula is C13H20N2O. The summed E-state index contributed by atoms with van der Waals surface area (Å²) in [6.45, 7) is 3.37. The van der Waals surface area contributed by atoms with Gasteiger partial charge in [0.2, 0.25) is 5.88 Å². The van der Waals surface area contributed by atoms with Crippen LogP contribution in [0.5, 0.6) is 5.88 Å². The van der Waals surface area contributed by atoms with Crippen LogP contribution in [0.3, 0.4) is 0 Å². The Balaban J connectivity index is 1.84. The van der Waals surface area contributed by atoms with Crippen molar-refractivity contribution < 1.29 is 4.74 Å². The average Bonchev–Trinajstić information content (AvgIpc) is 2.73. The van der Waals surface area contributed by atoms with Crippen LogP contribution < -0.4 is 10.1 Å². The fourth-order valence-electron chi connectivity index (χ4n) is 2.39. The van der Waals surface area contributed by atoms with Gasteiger partial charge in [0, 0.05) is 12.6 Å². The highest BCUT2D eigenvalue weighted by Gasteiger charge is 2.20. The SMILES string of the molecule is COc1cccc(NCC2CCC(C)C2)n1. The molecule has 0 bridgehead atoms. The van der Waals surface area contributed by atoms with Gasteiger partial charge in [0.1, 0.15) is 5.82 Å². The molecule has 1 aliphatic carbocycles. The third-order valence-electron chi connectivity index (χ3n) is 3.31. The number of ether oxygens (including phenoxy) is 1. The maximum Gasteiger partial charge on any atom is 0.214 e. The van der Waals surface area contributed by atoms with Crippen LogP contribution >= 0.6 is 0 Å². The van der Waals surface area contributed by atoms with Crippen molar-refractivity contribution in [2.45, 2.75) is 26.2 Å². The number of hydrogen-bond donors (Lipinski definition) is 1. The zero-order chi connectivity index (χ0) is 11.4. The van der Waals surface area contributed by atoms with E-state index in [1.165, 1.54) is 19.3 Å². The molecule has 3 nitrogen and oxygen atoms in total. The zero-order valence-corrected chi connectivity index (χ0v) is 10.1. The van der Waals surface area contributed by atoms with Crippen LogP contribution in [0.1, 0.15) is 26.2 Å². The van der Waals surface area contributed by atoms with Gasteiger partial charge >= 0.3 is 0 Å². The molecule has 1 N–H and O–H groups in total. The number of pyridine rings is 1. The van der Waals surface area contributed by atoms with Gasteiger partial charge in [0.05, 0.1) is 7.11 Å². The highest BCUT2D eigenvalue weighted by molar-refractivity contribution is 5.37. The Morgan fingerprint density at radius 3 is 3.00 bits per heavy atom. The van der Waals surface area contributed by atoms with Crippen molar-refractivity contribution in [3.63, 3.8) is 0 Å². The number of nitrogens with one attached hydrogen (secondary N) is 1. The molecule has 0 radical (unpaired) electrons. The Morgan fingerprint density at radius 2 is 2.31 bits per heavy atom. The molecule has 2 unspecified atom stereocenters. The number of methoxy groups -OCH3 is 1. The van der Waals surface area contributed by atoms with Gasteiger partial charge in [0.15, 0.2) is 0 Å². The Morgan fingerprint density at radius 1 is 1.44 bits per heavy atom.